The van der Waals surface area contributed by atoms with Crippen molar-refractivity contribution < 1.29 is 4.79 Å². The number of primary amides is 1. The first kappa shape index (κ1) is 10.7. The van der Waals surface area contributed by atoms with Crippen molar-refractivity contribution in [2.45, 2.75) is 5.92 Å². The Labute approximate surface area is 105 Å². The van der Waals surface area contributed by atoms with E-state index in [1.54, 1.807) is 6.21 Å². The summed E-state index contributed by atoms with van der Waals surface area (Å²) in [6.07, 6.45) is 1.63. The number of fused-ring (bicyclic) bond motifs is 3. The van der Waals surface area contributed by atoms with Gasteiger partial charge in [-0.3, -0.25) is 9.79 Å². The molecule has 3 heteroatoms. The average molecular weight is 236 g/mol. The Balaban J connectivity index is 2.31. The molecule has 3 rings (SSSR count). The van der Waals surface area contributed by atoms with Gasteiger partial charge in [0.25, 0.3) is 0 Å². The fraction of sp³-hybridized carbons (Fsp3) is 0.0667. The van der Waals surface area contributed by atoms with Gasteiger partial charge in [0.2, 0.25) is 5.91 Å². The van der Waals surface area contributed by atoms with E-state index in [9.17, 15) is 4.79 Å². The Morgan fingerprint density at radius 1 is 1.00 bits per heavy atom. The van der Waals surface area contributed by atoms with Crippen LogP contribution in [0.2, 0.25) is 0 Å². The molecule has 1 unspecified atom stereocenters. The number of para-hydroxylation sites is 1. The summed E-state index contributed by atoms with van der Waals surface area (Å²) < 4.78 is 0. The van der Waals surface area contributed by atoms with Crippen LogP contribution < -0.4 is 5.73 Å². The van der Waals surface area contributed by atoms with E-state index in [0.29, 0.717) is 0 Å². The number of carbonyl (C=O) groups is 1. The largest absolute Gasteiger partial charge is 0.369 e. The maximum atomic E-state index is 11.6. The van der Waals surface area contributed by atoms with Crippen LogP contribution in [0.1, 0.15) is 11.5 Å². The average Bonchev–Trinajstić information content (AvgIpc) is 2.56. The zero-order valence-corrected chi connectivity index (χ0v) is 9.71. The number of amides is 1. The third kappa shape index (κ3) is 1.61. The van der Waals surface area contributed by atoms with Crippen LogP contribution in [-0.4, -0.2) is 12.1 Å². The number of rotatable bonds is 1. The van der Waals surface area contributed by atoms with Crippen molar-refractivity contribution in [3.8, 4) is 11.1 Å². The zero-order valence-electron chi connectivity index (χ0n) is 9.71. The molecule has 2 aromatic rings. The number of aliphatic imine (C=N–C) groups is 1. The number of hydrogen-bond donors (Lipinski definition) is 1. The van der Waals surface area contributed by atoms with E-state index in [1.807, 2.05) is 48.5 Å². The quantitative estimate of drug-likeness (QED) is 0.813. The van der Waals surface area contributed by atoms with Gasteiger partial charge in [-0.2, -0.15) is 0 Å². The van der Waals surface area contributed by atoms with Crippen LogP contribution in [0.5, 0.6) is 0 Å². The highest BCUT2D eigenvalue weighted by Crippen LogP contribution is 2.37. The Morgan fingerprint density at radius 2 is 1.67 bits per heavy atom. The van der Waals surface area contributed by atoms with Gasteiger partial charge in [0.1, 0.15) is 0 Å². The lowest BCUT2D eigenvalue weighted by Crippen LogP contribution is -2.22. The monoisotopic (exact) mass is 236 g/mol. The molecule has 0 saturated carbocycles. The third-order valence-electron chi connectivity index (χ3n) is 3.16. The van der Waals surface area contributed by atoms with Crippen LogP contribution >= 0.6 is 0 Å². The first-order valence-corrected chi connectivity index (χ1v) is 5.79. The van der Waals surface area contributed by atoms with Crippen molar-refractivity contribution >= 4 is 17.8 Å². The summed E-state index contributed by atoms with van der Waals surface area (Å²) >= 11 is 0. The summed E-state index contributed by atoms with van der Waals surface area (Å²) in [7, 11) is 0. The molecule has 2 aromatic carbocycles. The SMILES string of the molecule is NC(=O)C1C=Nc2ccccc2-c2ccccc21. The lowest BCUT2D eigenvalue weighted by atomic mass is 9.91. The molecular formula is C15H12N2O. The smallest absolute Gasteiger partial charge is 0.230 e. The maximum Gasteiger partial charge on any atom is 0.230 e. The zero-order chi connectivity index (χ0) is 12.5. The van der Waals surface area contributed by atoms with E-state index in [4.69, 9.17) is 5.73 Å². The Kier molecular flexibility index (Phi) is 2.45. The van der Waals surface area contributed by atoms with Crippen LogP contribution in [0, 0.1) is 0 Å². The summed E-state index contributed by atoms with van der Waals surface area (Å²) in [5.41, 5.74) is 9.30. The maximum absolute atomic E-state index is 11.6. The van der Waals surface area contributed by atoms with Gasteiger partial charge in [-0.15, -0.1) is 0 Å². The molecular weight excluding hydrogens is 224 g/mol. The van der Waals surface area contributed by atoms with Gasteiger partial charge in [-0.25, -0.2) is 0 Å². The molecule has 1 aliphatic rings. The second-order valence-corrected chi connectivity index (χ2v) is 4.26. The highest BCUT2D eigenvalue weighted by Gasteiger charge is 2.22. The Hall–Kier alpha value is -2.42. The van der Waals surface area contributed by atoms with Crippen LogP contribution in [0.25, 0.3) is 11.1 Å². The Morgan fingerprint density at radius 3 is 2.44 bits per heavy atom. The van der Waals surface area contributed by atoms with E-state index in [0.717, 1.165) is 22.4 Å². The van der Waals surface area contributed by atoms with Crippen LogP contribution in [0.4, 0.5) is 5.69 Å². The van der Waals surface area contributed by atoms with Crippen molar-refractivity contribution in [3.05, 3.63) is 54.1 Å². The summed E-state index contributed by atoms with van der Waals surface area (Å²) in [4.78, 5) is 15.9. The number of nitrogens with zero attached hydrogens (tertiary/aromatic N) is 1. The van der Waals surface area contributed by atoms with Gasteiger partial charge in [0.15, 0.2) is 0 Å². The van der Waals surface area contributed by atoms with E-state index in [-0.39, 0.29) is 5.91 Å². The lowest BCUT2D eigenvalue weighted by molar-refractivity contribution is -0.117. The fourth-order valence-corrected chi connectivity index (χ4v) is 2.29. The predicted octanol–water partition coefficient (Wildman–Crippen LogP) is 2.64. The number of hydrogen-bond acceptors (Lipinski definition) is 2. The van der Waals surface area contributed by atoms with Gasteiger partial charge in [0.05, 0.1) is 11.6 Å². The van der Waals surface area contributed by atoms with E-state index >= 15 is 0 Å². The molecule has 88 valence electrons. The highest BCUT2D eigenvalue weighted by atomic mass is 16.1. The minimum absolute atomic E-state index is 0.376. The molecule has 0 radical (unpaired) electrons. The molecule has 18 heavy (non-hydrogen) atoms. The third-order valence-corrected chi connectivity index (χ3v) is 3.16. The topological polar surface area (TPSA) is 55.5 Å². The normalized spacial score (nSPS) is 16.6. The van der Waals surface area contributed by atoms with E-state index in [2.05, 4.69) is 4.99 Å². The molecule has 0 bridgehead atoms. The molecule has 1 amide bonds. The lowest BCUT2D eigenvalue weighted by Gasteiger charge is -2.12. The molecule has 3 nitrogen and oxygen atoms in total. The number of benzene rings is 2. The van der Waals surface area contributed by atoms with Crippen LogP contribution in [0.3, 0.4) is 0 Å². The molecule has 1 heterocycles. The van der Waals surface area contributed by atoms with Crippen LogP contribution in [0.15, 0.2) is 53.5 Å². The molecule has 1 atom stereocenters. The van der Waals surface area contributed by atoms with Crippen molar-refractivity contribution in [1.82, 2.24) is 0 Å². The molecule has 2 N–H and O–H groups in total. The summed E-state index contributed by atoms with van der Waals surface area (Å²) in [6, 6.07) is 15.6. The minimum atomic E-state index is -0.464. The Bertz CT molecular complexity index is 646. The standard InChI is InChI=1S/C15H12N2O/c16-15(18)13-9-17-14-8-4-3-7-12(14)10-5-1-2-6-11(10)13/h1-9,13H,(H2,16,18). The summed E-state index contributed by atoms with van der Waals surface area (Å²) in [5, 5.41) is 0. The second kappa shape index (κ2) is 4.11. The second-order valence-electron chi connectivity index (χ2n) is 4.26. The fourth-order valence-electron chi connectivity index (χ4n) is 2.29. The van der Waals surface area contributed by atoms with E-state index in [1.165, 1.54) is 0 Å². The molecule has 0 spiro atoms. The van der Waals surface area contributed by atoms with Crippen molar-refractivity contribution in [1.29, 1.82) is 0 Å². The predicted molar refractivity (Wildman–Crippen MR) is 72.0 cm³/mol. The van der Waals surface area contributed by atoms with Gasteiger partial charge >= 0.3 is 0 Å². The molecule has 0 saturated heterocycles. The molecule has 1 aliphatic heterocycles. The van der Waals surface area contributed by atoms with Gasteiger partial charge in [-0.05, 0) is 17.2 Å². The van der Waals surface area contributed by atoms with Gasteiger partial charge in [0, 0.05) is 11.8 Å². The molecule has 0 fully saturated rings. The first-order chi connectivity index (χ1) is 8.77. The number of nitrogens with two attached hydrogens (primary N) is 1. The van der Waals surface area contributed by atoms with Crippen molar-refractivity contribution in [2.75, 3.05) is 0 Å². The number of carbonyl (C=O) groups excluding carboxylic acids is 1. The van der Waals surface area contributed by atoms with Gasteiger partial charge < -0.3 is 5.73 Å². The first-order valence-electron chi connectivity index (χ1n) is 5.79. The van der Waals surface area contributed by atoms with Crippen LogP contribution in [-0.2, 0) is 4.79 Å². The highest BCUT2D eigenvalue weighted by molar-refractivity contribution is 6.03. The molecule has 0 aromatic heterocycles. The van der Waals surface area contributed by atoms with E-state index < -0.39 is 5.92 Å². The van der Waals surface area contributed by atoms with Crippen molar-refractivity contribution in [3.63, 3.8) is 0 Å². The summed E-state index contributed by atoms with van der Waals surface area (Å²) in [5.74, 6) is -0.840. The molecule has 0 aliphatic carbocycles. The summed E-state index contributed by atoms with van der Waals surface area (Å²) in [6.45, 7) is 0. The van der Waals surface area contributed by atoms with Crippen molar-refractivity contribution in [2.24, 2.45) is 10.7 Å². The minimum Gasteiger partial charge on any atom is -0.369 e. The van der Waals surface area contributed by atoms with Gasteiger partial charge in [-0.1, -0.05) is 42.5 Å².